The van der Waals surface area contributed by atoms with Gasteiger partial charge in [-0.15, -0.1) is 0 Å². The molecule has 0 radical (unpaired) electrons. The van der Waals surface area contributed by atoms with Crippen molar-refractivity contribution in [2.75, 3.05) is 16.8 Å². The molecule has 2 rings (SSSR count). The summed E-state index contributed by atoms with van der Waals surface area (Å²) in [6.07, 6.45) is 0. The lowest BCUT2D eigenvalue weighted by molar-refractivity contribution is 0.102. The van der Waals surface area contributed by atoms with E-state index in [0.717, 1.165) is 0 Å². The average Bonchev–Trinajstić information content (AvgIpc) is 2.34. The van der Waals surface area contributed by atoms with Crippen molar-refractivity contribution in [3.05, 3.63) is 48.0 Å². The maximum atomic E-state index is 11.9. The quantitative estimate of drug-likeness (QED) is 0.367. The fourth-order valence-corrected chi connectivity index (χ4v) is 1.48. The summed E-state index contributed by atoms with van der Waals surface area (Å²) in [6.45, 7) is 0. The zero-order chi connectivity index (χ0) is 13.1. The van der Waals surface area contributed by atoms with Crippen molar-refractivity contribution in [3.63, 3.8) is 0 Å². The standard InChI is InChI=1S/C13H13N3O2/c14-9-3-1-8(2-4-9)13(18)16-11-7-10(15)5-6-12(11)17/h1-7,17H,14-15H2,(H,16,18). The molecule has 2 aromatic carbocycles. The number of nitrogen functional groups attached to an aromatic ring is 2. The molecule has 18 heavy (non-hydrogen) atoms. The van der Waals surface area contributed by atoms with Gasteiger partial charge >= 0.3 is 0 Å². The summed E-state index contributed by atoms with van der Waals surface area (Å²) in [5.74, 6) is -0.371. The molecule has 0 unspecified atom stereocenters. The predicted molar refractivity (Wildman–Crippen MR) is 71.3 cm³/mol. The van der Waals surface area contributed by atoms with Crippen LogP contribution >= 0.6 is 0 Å². The second-order valence-electron chi connectivity index (χ2n) is 3.85. The number of carbonyl (C=O) groups is 1. The van der Waals surface area contributed by atoms with Gasteiger partial charge in [-0.2, -0.15) is 0 Å². The minimum atomic E-state index is -0.337. The van der Waals surface area contributed by atoms with Crippen molar-refractivity contribution in [1.82, 2.24) is 0 Å². The molecule has 0 aliphatic carbocycles. The van der Waals surface area contributed by atoms with Crippen LogP contribution in [0.3, 0.4) is 0 Å². The van der Waals surface area contributed by atoms with Gasteiger partial charge in [0.2, 0.25) is 0 Å². The fourth-order valence-electron chi connectivity index (χ4n) is 1.48. The Kier molecular flexibility index (Phi) is 3.05. The second kappa shape index (κ2) is 4.67. The molecule has 5 nitrogen and oxygen atoms in total. The highest BCUT2D eigenvalue weighted by Gasteiger charge is 2.08. The number of nitrogens with one attached hydrogen (secondary N) is 1. The Hall–Kier alpha value is -2.69. The van der Waals surface area contributed by atoms with Crippen molar-refractivity contribution in [2.45, 2.75) is 0 Å². The largest absolute Gasteiger partial charge is 0.506 e. The molecule has 0 aliphatic heterocycles. The van der Waals surface area contributed by atoms with Crippen LogP contribution in [0.1, 0.15) is 10.4 Å². The molecular weight excluding hydrogens is 230 g/mol. The van der Waals surface area contributed by atoms with Crippen molar-refractivity contribution in [2.24, 2.45) is 0 Å². The normalized spacial score (nSPS) is 10.0. The number of carbonyl (C=O) groups excluding carboxylic acids is 1. The van der Waals surface area contributed by atoms with Crippen molar-refractivity contribution in [1.29, 1.82) is 0 Å². The van der Waals surface area contributed by atoms with Crippen molar-refractivity contribution < 1.29 is 9.90 Å². The van der Waals surface area contributed by atoms with Gasteiger partial charge in [0.15, 0.2) is 0 Å². The van der Waals surface area contributed by atoms with Gasteiger partial charge in [0.1, 0.15) is 5.75 Å². The van der Waals surface area contributed by atoms with Gasteiger partial charge in [0.05, 0.1) is 5.69 Å². The minimum absolute atomic E-state index is 0.0343. The number of hydrogen-bond donors (Lipinski definition) is 4. The lowest BCUT2D eigenvalue weighted by Gasteiger charge is -2.08. The molecule has 5 heteroatoms. The molecular formula is C13H13N3O2. The average molecular weight is 243 g/mol. The molecule has 0 aromatic heterocycles. The number of phenolic OH excluding ortho intramolecular Hbond substituents is 1. The smallest absolute Gasteiger partial charge is 0.255 e. The third-order valence-electron chi connectivity index (χ3n) is 2.44. The summed E-state index contributed by atoms with van der Waals surface area (Å²) in [6, 6.07) is 10.9. The van der Waals surface area contributed by atoms with Gasteiger partial charge in [0.25, 0.3) is 5.91 Å². The first-order valence-electron chi connectivity index (χ1n) is 5.31. The van der Waals surface area contributed by atoms with Crippen LogP contribution in [0.25, 0.3) is 0 Å². The van der Waals surface area contributed by atoms with Crippen LogP contribution in [0.4, 0.5) is 17.1 Å². The van der Waals surface area contributed by atoms with Crippen molar-refractivity contribution >= 4 is 23.0 Å². The van der Waals surface area contributed by atoms with Gasteiger partial charge in [-0.05, 0) is 42.5 Å². The molecule has 0 saturated carbocycles. The van der Waals surface area contributed by atoms with Gasteiger partial charge in [-0.1, -0.05) is 0 Å². The summed E-state index contributed by atoms with van der Waals surface area (Å²) in [4.78, 5) is 11.9. The van der Waals surface area contributed by atoms with E-state index in [0.29, 0.717) is 16.9 Å². The second-order valence-corrected chi connectivity index (χ2v) is 3.85. The van der Waals surface area contributed by atoms with E-state index in [9.17, 15) is 9.90 Å². The Morgan fingerprint density at radius 3 is 2.28 bits per heavy atom. The first kappa shape index (κ1) is 11.8. The molecule has 0 aliphatic rings. The van der Waals surface area contributed by atoms with Crippen LogP contribution in [-0.4, -0.2) is 11.0 Å². The highest BCUT2D eigenvalue weighted by atomic mass is 16.3. The van der Waals surface area contributed by atoms with Gasteiger partial charge in [-0.3, -0.25) is 4.79 Å². The lowest BCUT2D eigenvalue weighted by Crippen LogP contribution is -2.12. The molecule has 0 spiro atoms. The van der Waals surface area contributed by atoms with E-state index in [4.69, 9.17) is 11.5 Å². The zero-order valence-corrected chi connectivity index (χ0v) is 9.55. The number of aromatic hydroxyl groups is 1. The molecule has 92 valence electrons. The summed E-state index contributed by atoms with van der Waals surface area (Å²) >= 11 is 0. The molecule has 6 N–H and O–H groups in total. The maximum absolute atomic E-state index is 11.9. The number of rotatable bonds is 2. The van der Waals surface area contributed by atoms with Crippen LogP contribution in [0.5, 0.6) is 5.75 Å². The monoisotopic (exact) mass is 243 g/mol. The van der Waals surface area contributed by atoms with Crippen LogP contribution < -0.4 is 16.8 Å². The van der Waals surface area contributed by atoms with Crippen LogP contribution in [-0.2, 0) is 0 Å². The summed E-state index contributed by atoms with van der Waals surface area (Å²) in [5.41, 5.74) is 12.9. The van der Waals surface area contributed by atoms with E-state index in [1.54, 1.807) is 30.3 Å². The Labute approximate surface area is 104 Å². The number of amides is 1. The fraction of sp³-hybridized carbons (Fsp3) is 0. The van der Waals surface area contributed by atoms with Gasteiger partial charge < -0.3 is 21.9 Å². The molecule has 0 fully saturated rings. The Morgan fingerprint density at radius 1 is 1.00 bits per heavy atom. The molecule has 1 amide bonds. The van der Waals surface area contributed by atoms with E-state index in [1.807, 2.05) is 0 Å². The molecule has 0 bridgehead atoms. The van der Waals surface area contributed by atoms with E-state index in [1.165, 1.54) is 12.1 Å². The zero-order valence-electron chi connectivity index (χ0n) is 9.55. The van der Waals surface area contributed by atoms with Gasteiger partial charge in [-0.25, -0.2) is 0 Å². The third kappa shape index (κ3) is 2.52. The molecule has 0 saturated heterocycles. The first-order chi connectivity index (χ1) is 8.56. The minimum Gasteiger partial charge on any atom is -0.506 e. The first-order valence-corrected chi connectivity index (χ1v) is 5.31. The Balaban J connectivity index is 2.21. The Bertz CT molecular complexity index is 579. The number of phenols is 1. The highest BCUT2D eigenvalue weighted by molar-refractivity contribution is 6.05. The van der Waals surface area contributed by atoms with E-state index in [-0.39, 0.29) is 17.3 Å². The van der Waals surface area contributed by atoms with Crippen molar-refractivity contribution in [3.8, 4) is 5.75 Å². The summed E-state index contributed by atoms with van der Waals surface area (Å²) < 4.78 is 0. The van der Waals surface area contributed by atoms with E-state index in [2.05, 4.69) is 5.32 Å². The van der Waals surface area contributed by atoms with E-state index >= 15 is 0 Å². The summed E-state index contributed by atoms with van der Waals surface area (Å²) in [5, 5.41) is 12.2. The summed E-state index contributed by atoms with van der Waals surface area (Å²) in [7, 11) is 0. The lowest BCUT2D eigenvalue weighted by atomic mass is 10.2. The topological polar surface area (TPSA) is 101 Å². The van der Waals surface area contributed by atoms with Gasteiger partial charge in [0, 0.05) is 16.9 Å². The van der Waals surface area contributed by atoms with Crippen LogP contribution in [0, 0.1) is 0 Å². The predicted octanol–water partition coefficient (Wildman–Crippen LogP) is 1.81. The number of nitrogens with two attached hydrogens (primary N) is 2. The number of anilines is 3. The van der Waals surface area contributed by atoms with E-state index < -0.39 is 0 Å². The molecule has 0 atom stereocenters. The maximum Gasteiger partial charge on any atom is 0.255 e. The third-order valence-corrected chi connectivity index (χ3v) is 2.44. The number of benzene rings is 2. The SMILES string of the molecule is Nc1ccc(C(=O)Nc2cc(N)ccc2O)cc1. The molecule has 2 aromatic rings. The number of hydrogen-bond acceptors (Lipinski definition) is 4. The highest BCUT2D eigenvalue weighted by Crippen LogP contribution is 2.25. The molecule has 0 heterocycles. The Morgan fingerprint density at radius 2 is 1.61 bits per heavy atom. The van der Waals surface area contributed by atoms with Crippen LogP contribution in [0.2, 0.25) is 0 Å². The van der Waals surface area contributed by atoms with Crippen LogP contribution in [0.15, 0.2) is 42.5 Å².